The number of hydrogen-bond donors (Lipinski definition) is 2. The van der Waals surface area contributed by atoms with Gasteiger partial charge in [0.2, 0.25) is 5.95 Å². The summed E-state index contributed by atoms with van der Waals surface area (Å²) in [5.41, 5.74) is 2.82. The number of nitrogens with one attached hydrogen (secondary N) is 2. The Bertz CT molecular complexity index is 858. The fraction of sp³-hybridized carbons (Fsp3) is 0.400. The van der Waals surface area contributed by atoms with E-state index in [0.29, 0.717) is 5.92 Å². The molecule has 0 saturated carbocycles. The number of piperidine rings is 1. The van der Waals surface area contributed by atoms with Crippen molar-refractivity contribution in [3.8, 4) is 0 Å². The van der Waals surface area contributed by atoms with Crippen molar-refractivity contribution in [2.45, 2.75) is 25.7 Å². The van der Waals surface area contributed by atoms with Gasteiger partial charge in [0.05, 0.1) is 11.4 Å². The zero-order chi connectivity index (χ0) is 19.9. The van der Waals surface area contributed by atoms with E-state index in [1.54, 1.807) is 30.5 Å². The fourth-order valence-electron chi connectivity index (χ4n) is 3.25. The molecule has 0 aliphatic carbocycles. The van der Waals surface area contributed by atoms with E-state index in [-0.39, 0.29) is 0 Å². The lowest BCUT2D eigenvalue weighted by molar-refractivity contribution is 0.497. The van der Waals surface area contributed by atoms with E-state index in [9.17, 15) is 0 Å². The molecule has 3 rings (SSSR count). The van der Waals surface area contributed by atoms with Crippen molar-refractivity contribution in [1.82, 2.24) is 20.3 Å². The van der Waals surface area contributed by atoms with E-state index in [0.717, 1.165) is 66.5 Å². The third-order valence-corrected chi connectivity index (χ3v) is 5.46. The van der Waals surface area contributed by atoms with E-state index < -0.39 is 0 Å². The Labute approximate surface area is 170 Å². The molecule has 0 aromatic carbocycles. The second-order valence-electron chi connectivity index (χ2n) is 6.51. The van der Waals surface area contributed by atoms with E-state index in [1.165, 1.54) is 0 Å². The molecular formula is C20H27N7S. The monoisotopic (exact) mass is 397 g/mol. The smallest absolute Gasteiger partial charge is 0.225 e. The van der Waals surface area contributed by atoms with Crippen LogP contribution in [0.3, 0.4) is 0 Å². The molecule has 8 heteroatoms. The zero-order valence-electron chi connectivity index (χ0n) is 16.5. The summed E-state index contributed by atoms with van der Waals surface area (Å²) in [7, 11) is 1.76. The second kappa shape index (κ2) is 9.45. The van der Waals surface area contributed by atoms with Gasteiger partial charge >= 0.3 is 0 Å². The maximum absolute atomic E-state index is 4.78. The Kier molecular flexibility index (Phi) is 6.76. The minimum absolute atomic E-state index is 0.358. The fourth-order valence-corrected chi connectivity index (χ4v) is 4.04. The highest BCUT2D eigenvalue weighted by Crippen LogP contribution is 2.31. The van der Waals surface area contributed by atoms with Crippen molar-refractivity contribution in [3.63, 3.8) is 0 Å². The first-order valence-corrected chi connectivity index (χ1v) is 10.4. The largest absolute Gasteiger partial charge is 0.356 e. The van der Waals surface area contributed by atoms with Gasteiger partial charge in [-0.2, -0.15) is 0 Å². The highest BCUT2D eigenvalue weighted by atomic mass is 32.1. The van der Waals surface area contributed by atoms with Crippen LogP contribution in [0.25, 0.3) is 12.2 Å². The molecule has 2 aromatic rings. The van der Waals surface area contributed by atoms with Crippen molar-refractivity contribution in [2.75, 3.05) is 36.9 Å². The van der Waals surface area contributed by atoms with Gasteiger partial charge in [0.15, 0.2) is 11.1 Å². The van der Waals surface area contributed by atoms with Crippen LogP contribution < -0.4 is 15.5 Å². The molecule has 2 aromatic heterocycles. The van der Waals surface area contributed by atoms with Gasteiger partial charge in [-0.05, 0) is 25.8 Å². The van der Waals surface area contributed by atoms with Gasteiger partial charge in [-0.3, -0.25) is 4.99 Å². The Morgan fingerprint density at radius 2 is 2.25 bits per heavy atom. The van der Waals surface area contributed by atoms with E-state index in [2.05, 4.69) is 49.0 Å². The molecule has 1 saturated heterocycles. The lowest BCUT2D eigenvalue weighted by Crippen LogP contribution is -2.35. The molecule has 1 fully saturated rings. The molecule has 1 aliphatic rings. The first kappa shape index (κ1) is 20.0. The number of anilines is 2. The number of thiazole rings is 1. The average Bonchev–Trinajstić information content (AvgIpc) is 3.21. The SMILES string of the molecule is C=Cc1cnc(N2CCCC(c3csc(NC(=NC)NCC)n3)C2)nc1C=C. The molecule has 1 atom stereocenters. The van der Waals surface area contributed by atoms with Crippen LogP contribution in [0.2, 0.25) is 0 Å². The molecule has 0 spiro atoms. The third kappa shape index (κ3) is 4.56. The molecule has 0 bridgehead atoms. The standard InChI is InChI=1S/C20H27N7S/c1-5-14-11-23-19(24-16(14)6-2)27-10-8-9-15(12-27)17-13-28-20(25-17)26-18(21-4)22-7-3/h5-6,11,13,15H,1-2,7-10,12H2,3-4H3,(H2,21,22,25,26). The Morgan fingerprint density at radius 3 is 2.96 bits per heavy atom. The average molecular weight is 398 g/mol. The second-order valence-corrected chi connectivity index (χ2v) is 7.37. The summed E-state index contributed by atoms with van der Waals surface area (Å²) < 4.78 is 0. The number of nitrogens with zero attached hydrogens (tertiary/aromatic N) is 5. The van der Waals surface area contributed by atoms with Gasteiger partial charge in [0.1, 0.15) is 0 Å². The lowest BCUT2D eigenvalue weighted by Gasteiger charge is -2.32. The quantitative estimate of drug-likeness (QED) is 0.573. The van der Waals surface area contributed by atoms with Crippen LogP contribution in [0.1, 0.15) is 42.6 Å². The molecule has 0 radical (unpaired) electrons. The van der Waals surface area contributed by atoms with Crippen LogP contribution in [-0.4, -0.2) is 47.6 Å². The van der Waals surface area contributed by atoms with E-state index >= 15 is 0 Å². The van der Waals surface area contributed by atoms with Gasteiger partial charge < -0.3 is 15.5 Å². The van der Waals surface area contributed by atoms with Crippen molar-refractivity contribution >= 4 is 40.5 Å². The van der Waals surface area contributed by atoms with Crippen molar-refractivity contribution in [3.05, 3.63) is 41.7 Å². The number of guanidine groups is 1. The van der Waals surface area contributed by atoms with Crippen LogP contribution in [0.4, 0.5) is 11.1 Å². The molecule has 1 unspecified atom stereocenters. The van der Waals surface area contributed by atoms with Crippen molar-refractivity contribution < 1.29 is 0 Å². The normalized spacial score (nSPS) is 17.3. The van der Waals surface area contributed by atoms with E-state index in [1.807, 2.05) is 13.1 Å². The molecule has 1 aliphatic heterocycles. The predicted octanol–water partition coefficient (Wildman–Crippen LogP) is 3.61. The van der Waals surface area contributed by atoms with Gasteiger partial charge in [0.25, 0.3) is 0 Å². The third-order valence-electron chi connectivity index (χ3n) is 4.69. The molecule has 7 nitrogen and oxygen atoms in total. The van der Waals surface area contributed by atoms with Crippen molar-refractivity contribution in [1.29, 1.82) is 0 Å². The Morgan fingerprint density at radius 1 is 1.39 bits per heavy atom. The first-order valence-electron chi connectivity index (χ1n) is 9.48. The summed E-state index contributed by atoms with van der Waals surface area (Å²) in [5, 5.41) is 9.42. The molecule has 0 amide bonds. The van der Waals surface area contributed by atoms with Crippen LogP contribution in [-0.2, 0) is 0 Å². The van der Waals surface area contributed by atoms with Crippen molar-refractivity contribution in [2.24, 2.45) is 4.99 Å². The molecule has 148 valence electrons. The van der Waals surface area contributed by atoms with Gasteiger partial charge in [-0.25, -0.2) is 15.0 Å². The molecule has 3 heterocycles. The Balaban J connectivity index is 1.72. The topological polar surface area (TPSA) is 78.3 Å². The molecular weight excluding hydrogens is 370 g/mol. The maximum Gasteiger partial charge on any atom is 0.225 e. The summed E-state index contributed by atoms with van der Waals surface area (Å²) in [6.07, 6.45) is 7.51. The summed E-state index contributed by atoms with van der Waals surface area (Å²) in [6, 6.07) is 0. The minimum Gasteiger partial charge on any atom is -0.356 e. The summed E-state index contributed by atoms with van der Waals surface area (Å²) in [5.74, 6) is 1.84. The number of aromatic nitrogens is 3. The van der Waals surface area contributed by atoms with Gasteiger partial charge in [0, 0.05) is 49.7 Å². The zero-order valence-corrected chi connectivity index (χ0v) is 17.3. The highest BCUT2D eigenvalue weighted by molar-refractivity contribution is 7.13. The lowest BCUT2D eigenvalue weighted by atomic mass is 9.96. The molecule has 2 N–H and O–H groups in total. The number of aliphatic imine (C=N–C) groups is 1. The van der Waals surface area contributed by atoms with Crippen LogP contribution in [0, 0.1) is 0 Å². The van der Waals surface area contributed by atoms with Gasteiger partial charge in [-0.15, -0.1) is 11.3 Å². The summed E-state index contributed by atoms with van der Waals surface area (Å²) in [4.78, 5) is 20.4. The molecule has 28 heavy (non-hydrogen) atoms. The van der Waals surface area contributed by atoms with E-state index in [4.69, 9.17) is 4.98 Å². The predicted molar refractivity (Wildman–Crippen MR) is 119 cm³/mol. The minimum atomic E-state index is 0.358. The first-order chi connectivity index (χ1) is 13.7. The van der Waals surface area contributed by atoms with Crippen LogP contribution in [0.5, 0.6) is 0 Å². The van der Waals surface area contributed by atoms with Crippen LogP contribution in [0.15, 0.2) is 29.7 Å². The Hall–Kier alpha value is -2.74. The summed E-state index contributed by atoms with van der Waals surface area (Å²) >= 11 is 1.60. The maximum atomic E-state index is 4.78. The van der Waals surface area contributed by atoms with Gasteiger partial charge in [-0.1, -0.05) is 19.2 Å². The van der Waals surface area contributed by atoms with Crippen LogP contribution >= 0.6 is 11.3 Å². The number of rotatable bonds is 6. The highest BCUT2D eigenvalue weighted by Gasteiger charge is 2.25. The summed E-state index contributed by atoms with van der Waals surface area (Å²) in [6.45, 7) is 12.3. The number of hydrogen-bond acceptors (Lipinski definition) is 6.